The Morgan fingerprint density at radius 2 is 1.65 bits per heavy atom. The maximum absolute atomic E-state index is 12.1. The quantitative estimate of drug-likeness (QED) is 0.741. The first-order valence-corrected chi connectivity index (χ1v) is 9.07. The minimum absolute atomic E-state index is 0.116. The van der Waals surface area contributed by atoms with Crippen molar-refractivity contribution < 1.29 is 9.90 Å². The molecule has 2 rings (SSSR count). The van der Waals surface area contributed by atoms with Gasteiger partial charge in [0.05, 0.1) is 22.5 Å². The number of hydrogen-bond donors (Lipinski definition) is 1. The topological polar surface area (TPSA) is 74.0 Å². The lowest BCUT2D eigenvalue weighted by Gasteiger charge is -2.18. The molecule has 2 aromatic rings. The number of hydrogen-bond acceptors (Lipinski definition) is 3. The summed E-state index contributed by atoms with van der Waals surface area (Å²) in [7, 11) is 0. The van der Waals surface area contributed by atoms with Gasteiger partial charge in [0.15, 0.2) is 0 Å². The molecular formula is C21H23ClN2O2. The number of carbonyl (C=O) groups is 1. The lowest BCUT2D eigenvalue weighted by atomic mass is 9.88. The molecule has 136 valence electrons. The molecule has 1 aromatic carbocycles. The molecule has 0 aliphatic rings. The van der Waals surface area contributed by atoms with E-state index >= 15 is 0 Å². The molecule has 0 unspecified atom stereocenters. The summed E-state index contributed by atoms with van der Waals surface area (Å²) in [6.07, 6.45) is 1.16. The lowest BCUT2D eigenvalue weighted by Crippen LogP contribution is -2.15. The summed E-state index contributed by atoms with van der Waals surface area (Å²) in [5.74, 6) is -0.514. The third kappa shape index (κ3) is 4.42. The van der Waals surface area contributed by atoms with Crippen LogP contribution in [0.2, 0.25) is 5.02 Å². The lowest BCUT2D eigenvalue weighted by molar-refractivity contribution is 0.0695. The van der Waals surface area contributed by atoms with Gasteiger partial charge in [0, 0.05) is 10.6 Å². The summed E-state index contributed by atoms with van der Waals surface area (Å²) in [6, 6.07) is 9.11. The van der Waals surface area contributed by atoms with Crippen molar-refractivity contribution in [3.05, 3.63) is 51.8 Å². The van der Waals surface area contributed by atoms with Gasteiger partial charge in [-0.25, -0.2) is 4.79 Å². The Labute approximate surface area is 159 Å². The Kier molecular flexibility index (Phi) is 6.39. The van der Waals surface area contributed by atoms with Gasteiger partial charge >= 0.3 is 5.97 Å². The van der Waals surface area contributed by atoms with Crippen molar-refractivity contribution in [3.63, 3.8) is 0 Å². The first-order valence-electron chi connectivity index (χ1n) is 8.69. The Balaban J connectivity index is 2.88. The standard InChI is InChI=1S/C21H23ClN2O2/c1-12(2)9-17-16(11-23)19(14-5-7-15(22)8-6-14)20(21(25)26)18(24-17)10-13(3)4/h5-8,12-13H,9-10H2,1-4H3,(H,25,26). The van der Waals surface area contributed by atoms with Crippen LogP contribution < -0.4 is 0 Å². The van der Waals surface area contributed by atoms with Crippen LogP contribution >= 0.6 is 11.6 Å². The van der Waals surface area contributed by atoms with Gasteiger partial charge in [0.1, 0.15) is 6.07 Å². The summed E-state index contributed by atoms with van der Waals surface area (Å²) in [5, 5.41) is 20.2. The molecule has 0 radical (unpaired) electrons. The van der Waals surface area contributed by atoms with Crippen LogP contribution in [0.1, 0.15) is 55.0 Å². The largest absolute Gasteiger partial charge is 0.478 e. The molecule has 0 aliphatic carbocycles. The molecule has 4 nitrogen and oxygen atoms in total. The van der Waals surface area contributed by atoms with Crippen molar-refractivity contribution in [2.45, 2.75) is 40.5 Å². The average molecular weight is 371 g/mol. The Hall–Kier alpha value is -2.38. The Bertz CT molecular complexity index is 850. The molecule has 0 spiro atoms. The zero-order valence-corrected chi connectivity index (χ0v) is 16.3. The summed E-state index contributed by atoms with van der Waals surface area (Å²) in [6.45, 7) is 8.15. The van der Waals surface area contributed by atoms with E-state index in [1.807, 2.05) is 13.8 Å². The molecule has 0 saturated carbocycles. The van der Waals surface area contributed by atoms with E-state index in [4.69, 9.17) is 11.6 Å². The predicted octanol–water partition coefficient (Wildman–Crippen LogP) is 5.37. The van der Waals surface area contributed by atoms with Gasteiger partial charge in [-0.05, 0) is 42.4 Å². The Morgan fingerprint density at radius 1 is 1.12 bits per heavy atom. The number of benzene rings is 1. The zero-order chi connectivity index (χ0) is 19.4. The molecule has 0 fully saturated rings. The highest BCUT2D eigenvalue weighted by atomic mass is 35.5. The molecular weight excluding hydrogens is 348 g/mol. The summed E-state index contributed by atoms with van der Waals surface area (Å²) >= 11 is 5.98. The molecule has 0 amide bonds. The van der Waals surface area contributed by atoms with E-state index in [2.05, 4.69) is 24.9 Å². The van der Waals surface area contributed by atoms with Crippen LogP contribution in [0.3, 0.4) is 0 Å². The minimum Gasteiger partial charge on any atom is -0.478 e. The first kappa shape index (κ1) is 19.9. The normalized spacial score (nSPS) is 11.0. The molecule has 1 aromatic heterocycles. The second kappa shape index (κ2) is 8.33. The molecule has 1 heterocycles. The maximum atomic E-state index is 12.1. The van der Waals surface area contributed by atoms with Crippen LogP contribution in [0.15, 0.2) is 24.3 Å². The molecule has 0 aliphatic heterocycles. The van der Waals surface area contributed by atoms with Gasteiger partial charge in [-0.2, -0.15) is 5.26 Å². The highest BCUT2D eigenvalue weighted by molar-refractivity contribution is 6.30. The first-order chi connectivity index (χ1) is 12.2. The number of carboxylic acids is 1. The van der Waals surface area contributed by atoms with Gasteiger partial charge in [-0.15, -0.1) is 0 Å². The maximum Gasteiger partial charge on any atom is 0.338 e. The third-order valence-electron chi connectivity index (χ3n) is 4.01. The molecule has 0 bridgehead atoms. The van der Waals surface area contributed by atoms with E-state index in [1.54, 1.807) is 24.3 Å². The van der Waals surface area contributed by atoms with E-state index in [0.29, 0.717) is 51.9 Å². The monoisotopic (exact) mass is 370 g/mol. The average Bonchev–Trinajstić information content (AvgIpc) is 2.53. The fourth-order valence-corrected chi connectivity index (χ4v) is 3.14. The van der Waals surface area contributed by atoms with Crippen molar-refractivity contribution in [1.82, 2.24) is 4.98 Å². The molecule has 0 saturated heterocycles. The van der Waals surface area contributed by atoms with Crippen molar-refractivity contribution in [2.75, 3.05) is 0 Å². The van der Waals surface area contributed by atoms with Crippen molar-refractivity contribution >= 4 is 17.6 Å². The number of carboxylic acid groups (broad SMARTS) is 1. The van der Waals surface area contributed by atoms with E-state index < -0.39 is 5.97 Å². The van der Waals surface area contributed by atoms with Crippen LogP contribution in [0.5, 0.6) is 0 Å². The van der Waals surface area contributed by atoms with E-state index in [-0.39, 0.29) is 11.5 Å². The second-order valence-corrected chi connectivity index (χ2v) is 7.69. The predicted molar refractivity (Wildman–Crippen MR) is 103 cm³/mol. The van der Waals surface area contributed by atoms with Gasteiger partial charge in [0.25, 0.3) is 0 Å². The van der Waals surface area contributed by atoms with Crippen LogP contribution in [0, 0.1) is 23.2 Å². The number of pyridine rings is 1. The second-order valence-electron chi connectivity index (χ2n) is 7.25. The minimum atomic E-state index is -1.06. The van der Waals surface area contributed by atoms with Crippen LogP contribution in [-0.4, -0.2) is 16.1 Å². The van der Waals surface area contributed by atoms with Gasteiger partial charge in [-0.1, -0.05) is 51.4 Å². The number of aromatic nitrogens is 1. The number of aromatic carboxylic acids is 1. The van der Waals surface area contributed by atoms with E-state index in [0.717, 1.165) is 0 Å². The highest BCUT2D eigenvalue weighted by Gasteiger charge is 2.25. The fraction of sp³-hybridized carbons (Fsp3) is 0.381. The van der Waals surface area contributed by atoms with E-state index in [1.165, 1.54) is 0 Å². The van der Waals surface area contributed by atoms with Crippen LogP contribution in [-0.2, 0) is 12.8 Å². The summed E-state index contributed by atoms with van der Waals surface area (Å²) in [5.41, 5.74) is 2.76. The van der Waals surface area contributed by atoms with Crippen molar-refractivity contribution in [2.24, 2.45) is 11.8 Å². The number of nitriles is 1. The van der Waals surface area contributed by atoms with E-state index in [9.17, 15) is 15.2 Å². The van der Waals surface area contributed by atoms with Crippen molar-refractivity contribution in [3.8, 4) is 17.2 Å². The molecule has 26 heavy (non-hydrogen) atoms. The van der Waals surface area contributed by atoms with Crippen molar-refractivity contribution in [1.29, 1.82) is 5.26 Å². The van der Waals surface area contributed by atoms with Crippen LogP contribution in [0.4, 0.5) is 0 Å². The van der Waals surface area contributed by atoms with Gasteiger partial charge < -0.3 is 5.11 Å². The fourth-order valence-electron chi connectivity index (χ4n) is 3.01. The third-order valence-corrected chi connectivity index (χ3v) is 4.26. The Morgan fingerprint density at radius 3 is 2.12 bits per heavy atom. The SMILES string of the molecule is CC(C)Cc1nc(CC(C)C)c(C(=O)O)c(-c2ccc(Cl)cc2)c1C#N. The highest BCUT2D eigenvalue weighted by Crippen LogP contribution is 2.33. The summed E-state index contributed by atoms with van der Waals surface area (Å²) in [4.78, 5) is 16.7. The zero-order valence-electron chi connectivity index (χ0n) is 15.5. The molecule has 5 heteroatoms. The molecule has 0 atom stereocenters. The van der Waals surface area contributed by atoms with Gasteiger partial charge in [-0.3, -0.25) is 4.98 Å². The number of rotatable bonds is 6. The summed E-state index contributed by atoms with van der Waals surface area (Å²) < 4.78 is 0. The number of halogens is 1. The smallest absolute Gasteiger partial charge is 0.338 e. The van der Waals surface area contributed by atoms with Gasteiger partial charge in [0.2, 0.25) is 0 Å². The van der Waals surface area contributed by atoms with Crippen LogP contribution in [0.25, 0.3) is 11.1 Å². The molecule has 1 N–H and O–H groups in total. The number of nitrogens with zero attached hydrogens (tertiary/aromatic N) is 2.